The lowest BCUT2D eigenvalue weighted by Gasteiger charge is -2.29. The Labute approximate surface area is 109 Å². The second-order valence-corrected chi connectivity index (χ2v) is 4.94. The number of carbonyl (C=O) groups is 1. The molecule has 18 heavy (non-hydrogen) atoms. The van der Waals surface area contributed by atoms with Gasteiger partial charge in [-0.05, 0) is 24.3 Å². The quantitative estimate of drug-likeness (QED) is 0.818. The molecular weight excluding hydrogens is 226 g/mol. The maximum atomic E-state index is 11.7. The fourth-order valence-corrected chi connectivity index (χ4v) is 2.35. The summed E-state index contributed by atoms with van der Waals surface area (Å²) in [4.78, 5) is 13.7. The van der Waals surface area contributed by atoms with E-state index >= 15 is 0 Å². The van der Waals surface area contributed by atoms with Crippen LogP contribution in [-0.4, -0.2) is 30.6 Å². The van der Waals surface area contributed by atoms with Gasteiger partial charge in [0, 0.05) is 33.2 Å². The summed E-state index contributed by atoms with van der Waals surface area (Å²) in [7, 11) is 0. The lowest BCUT2D eigenvalue weighted by Crippen LogP contribution is -2.35. The number of ether oxygens (including phenoxy) is 1. The Hall–Kier alpha value is -1.35. The highest BCUT2D eigenvalue weighted by Crippen LogP contribution is 2.17. The van der Waals surface area contributed by atoms with E-state index in [1.807, 2.05) is 23.1 Å². The molecule has 98 valence electrons. The van der Waals surface area contributed by atoms with Crippen LogP contribution in [0.3, 0.4) is 0 Å². The summed E-state index contributed by atoms with van der Waals surface area (Å²) in [5, 5.41) is 0. The number of nitrogens with zero attached hydrogens (tertiary/aromatic N) is 1. The molecule has 0 aromatic heterocycles. The van der Waals surface area contributed by atoms with Crippen molar-refractivity contribution in [3.63, 3.8) is 0 Å². The number of amides is 1. The van der Waals surface area contributed by atoms with Crippen LogP contribution in [0.1, 0.15) is 25.3 Å². The van der Waals surface area contributed by atoms with Gasteiger partial charge in [0.05, 0.1) is 0 Å². The molecular formula is C15H21NO2. The molecule has 0 unspecified atom stereocenters. The van der Waals surface area contributed by atoms with E-state index in [1.54, 1.807) is 6.92 Å². The van der Waals surface area contributed by atoms with Crippen molar-refractivity contribution in [1.82, 2.24) is 4.90 Å². The molecule has 1 saturated heterocycles. The molecule has 0 saturated carbocycles. The molecule has 0 aliphatic carbocycles. The number of carbonyl (C=O) groups excluding carboxylic acids is 1. The average Bonchev–Trinajstić information content (AvgIpc) is 2.40. The molecule has 0 atom stereocenters. The molecule has 1 aromatic carbocycles. The van der Waals surface area contributed by atoms with Crippen LogP contribution in [0.25, 0.3) is 0 Å². The average molecular weight is 247 g/mol. The van der Waals surface area contributed by atoms with Crippen LogP contribution in [0.15, 0.2) is 30.3 Å². The van der Waals surface area contributed by atoms with E-state index in [4.69, 9.17) is 4.74 Å². The van der Waals surface area contributed by atoms with Crippen molar-refractivity contribution in [3.8, 4) is 0 Å². The number of rotatable bonds is 4. The van der Waals surface area contributed by atoms with Gasteiger partial charge >= 0.3 is 0 Å². The number of hydrogen-bond acceptors (Lipinski definition) is 2. The van der Waals surface area contributed by atoms with Crippen molar-refractivity contribution in [1.29, 1.82) is 0 Å². The fraction of sp³-hybridized carbons (Fsp3) is 0.533. The Morgan fingerprint density at radius 2 is 1.94 bits per heavy atom. The van der Waals surface area contributed by atoms with Crippen LogP contribution in [0.4, 0.5) is 0 Å². The zero-order valence-electron chi connectivity index (χ0n) is 11.0. The van der Waals surface area contributed by atoms with Gasteiger partial charge < -0.3 is 9.64 Å². The van der Waals surface area contributed by atoms with Crippen LogP contribution in [0, 0.1) is 5.92 Å². The summed E-state index contributed by atoms with van der Waals surface area (Å²) in [5.41, 5.74) is 1.19. The van der Waals surface area contributed by atoms with Gasteiger partial charge in [-0.2, -0.15) is 0 Å². The molecule has 1 fully saturated rings. The third-order valence-electron chi connectivity index (χ3n) is 3.48. The Balaban J connectivity index is 1.93. The molecule has 1 heterocycles. The highest BCUT2D eigenvalue weighted by atomic mass is 16.5. The summed E-state index contributed by atoms with van der Waals surface area (Å²) >= 11 is 0. The van der Waals surface area contributed by atoms with Crippen LogP contribution in [-0.2, 0) is 16.1 Å². The van der Waals surface area contributed by atoms with E-state index < -0.39 is 0 Å². The molecule has 2 rings (SSSR count). The standard InChI is InChI=1S/C15H21NO2/c1-13(17)16(11-14-5-3-2-4-6-14)12-15-7-9-18-10-8-15/h2-6,15H,7-12H2,1H3. The lowest BCUT2D eigenvalue weighted by molar-refractivity contribution is -0.130. The van der Waals surface area contributed by atoms with E-state index in [1.165, 1.54) is 5.56 Å². The number of benzene rings is 1. The fourth-order valence-electron chi connectivity index (χ4n) is 2.35. The monoisotopic (exact) mass is 247 g/mol. The van der Waals surface area contributed by atoms with Crippen molar-refractivity contribution >= 4 is 5.91 Å². The molecule has 3 heteroatoms. The van der Waals surface area contributed by atoms with Gasteiger partial charge in [-0.15, -0.1) is 0 Å². The van der Waals surface area contributed by atoms with Gasteiger partial charge in [0.2, 0.25) is 5.91 Å². The minimum absolute atomic E-state index is 0.158. The third kappa shape index (κ3) is 3.84. The van der Waals surface area contributed by atoms with E-state index in [9.17, 15) is 4.79 Å². The normalized spacial score (nSPS) is 16.5. The predicted octanol–water partition coefficient (Wildman–Crippen LogP) is 2.46. The predicted molar refractivity (Wildman–Crippen MR) is 71.1 cm³/mol. The van der Waals surface area contributed by atoms with Gasteiger partial charge in [-0.25, -0.2) is 0 Å². The Bertz CT molecular complexity index is 371. The van der Waals surface area contributed by atoms with Crippen LogP contribution in [0.5, 0.6) is 0 Å². The Morgan fingerprint density at radius 3 is 2.56 bits per heavy atom. The molecule has 0 spiro atoms. The molecule has 0 bridgehead atoms. The van der Waals surface area contributed by atoms with Crippen molar-refractivity contribution < 1.29 is 9.53 Å². The largest absolute Gasteiger partial charge is 0.381 e. The first-order valence-corrected chi connectivity index (χ1v) is 6.63. The second kappa shape index (κ2) is 6.55. The van der Waals surface area contributed by atoms with Gasteiger partial charge in [-0.1, -0.05) is 30.3 Å². The molecule has 3 nitrogen and oxygen atoms in total. The first kappa shape index (κ1) is 13.1. The number of hydrogen-bond donors (Lipinski definition) is 0. The van der Waals surface area contributed by atoms with E-state index in [-0.39, 0.29) is 5.91 Å². The van der Waals surface area contributed by atoms with E-state index in [0.29, 0.717) is 12.5 Å². The summed E-state index contributed by atoms with van der Waals surface area (Å²) in [5.74, 6) is 0.747. The lowest BCUT2D eigenvalue weighted by atomic mass is 9.99. The van der Waals surface area contributed by atoms with Gasteiger partial charge in [0.25, 0.3) is 0 Å². The first-order chi connectivity index (χ1) is 8.75. The second-order valence-electron chi connectivity index (χ2n) is 4.94. The maximum Gasteiger partial charge on any atom is 0.219 e. The van der Waals surface area contributed by atoms with Crippen LogP contribution >= 0.6 is 0 Å². The van der Waals surface area contributed by atoms with Crippen LogP contribution < -0.4 is 0 Å². The first-order valence-electron chi connectivity index (χ1n) is 6.63. The molecule has 1 amide bonds. The summed E-state index contributed by atoms with van der Waals surface area (Å²) in [6.45, 7) is 4.90. The highest BCUT2D eigenvalue weighted by Gasteiger charge is 2.19. The van der Waals surface area contributed by atoms with Gasteiger partial charge in [-0.3, -0.25) is 4.79 Å². The SMILES string of the molecule is CC(=O)N(Cc1ccccc1)CC1CCOCC1. The van der Waals surface area contributed by atoms with Gasteiger partial charge in [0.1, 0.15) is 0 Å². The maximum absolute atomic E-state index is 11.7. The summed E-state index contributed by atoms with van der Waals surface area (Å²) < 4.78 is 5.36. The molecule has 1 aromatic rings. The zero-order chi connectivity index (χ0) is 12.8. The Morgan fingerprint density at radius 1 is 1.28 bits per heavy atom. The molecule has 1 aliphatic heterocycles. The minimum Gasteiger partial charge on any atom is -0.381 e. The minimum atomic E-state index is 0.158. The molecule has 0 N–H and O–H groups in total. The Kier molecular flexibility index (Phi) is 4.76. The van der Waals surface area contributed by atoms with Crippen LogP contribution in [0.2, 0.25) is 0 Å². The van der Waals surface area contributed by atoms with Crippen molar-refractivity contribution in [2.45, 2.75) is 26.3 Å². The van der Waals surface area contributed by atoms with Crippen molar-refractivity contribution in [2.24, 2.45) is 5.92 Å². The van der Waals surface area contributed by atoms with Crippen molar-refractivity contribution in [3.05, 3.63) is 35.9 Å². The van der Waals surface area contributed by atoms with Gasteiger partial charge in [0.15, 0.2) is 0 Å². The highest BCUT2D eigenvalue weighted by molar-refractivity contribution is 5.73. The topological polar surface area (TPSA) is 29.5 Å². The third-order valence-corrected chi connectivity index (χ3v) is 3.48. The molecule has 1 aliphatic rings. The molecule has 0 radical (unpaired) electrons. The zero-order valence-corrected chi connectivity index (χ0v) is 11.0. The summed E-state index contributed by atoms with van der Waals surface area (Å²) in [6.07, 6.45) is 2.14. The van der Waals surface area contributed by atoms with E-state index in [0.717, 1.165) is 32.6 Å². The smallest absolute Gasteiger partial charge is 0.219 e. The van der Waals surface area contributed by atoms with E-state index in [2.05, 4.69) is 12.1 Å². The summed E-state index contributed by atoms with van der Waals surface area (Å²) in [6, 6.07) is 10.2. The van der Waals surface area contributed by atoms with Crippen molar-refractivity contribution in [2.75, 3.05) is 19.8 Å².